The Bertz CT molecular complexity index is 1890. The van der Waals surface area contributed by atoms with Crippen LogP contribution in [0.3, 0.4) is 0 Å². The number of rotatable bonds is 7. The van der Waals surface area contributed by atoms with Crippen LogP contribution in [-0.2, 0) is 4.79 Å². The standard InChI is InChI=1S/C36H42AsFN8O2/c1-23-20-45(24(2)19-43(23)5)36(3,4)17-25(18-39)35(47)44-15-9-10-26(21-44)46-34-31(33(37)40-22-41-34)32(42-46)29-14-13-28(16-30(29)38)48-27-11-7-6-8-12-27/h6-8,11-14,16-17,22-24,26H,9-10,15,19-21,37H2,1-5H3/t23-,24+,26-/m0/s1. The van der Waals surface area contributed by atoms with Gasteiger partial charge in [0.2, 0.25) is 0 Å². The second kappa shape index (κ2) is 13.8. The number of halogens is 1. The third-order valence-corrected chi connectivity index (χ3v) is 10.5. The van der Waals surface area contributed by atoms with Gasteiger partial charge in [-0.05, 0) is 20.9 Å². The molecule has 0 radical (unpaired) electrons. The average molecular weight is 713 g/mol. The summed E-state index contributed by atoms with van der Waals surface area (Å²) in [4.78, 5) is 29.4. The zero-order valence-electron chi connectivity index (χ0n) is 28.1. The second-order valence-corrected chi connectivity index (χ2v) is 14.6. The van der Waals surface area contributed by atoms with Crippen molar-refractivity contribution in [2.75, 3.05) is 33.2 Å². The summed E-state index contributed by atoms with van der Waals surface area (Å²) in [6.07, 6.45) is 4.82. The molecular formula is C36H42AsFN8O2. The maximum atomic E-state index is 15.7. The van der Waals surface area contributed by atoms with Crippen molar-refractivity contribution >= 4 is 38.3 Å². The predicted octanol–water partition coefficient (Wildman–Crippen LogP) is 4.10. The van der Waals surface area contributed by atoms with E-state index in [-0.39, 0.29) is 23.6 Å². The molecule has 2 aliphatic rings. The number of hydrogen-bond acceptors (Lipinski definition) is 8. The molecule has 4 atom stereocenters. The molecule has 1 unspecified atom stereocenters. The first-order chi connectivity index (χ1) is 23.0. The molecule has 250 valence electrons. The zero-order valence-corrected chi connectivity index (χ0v) is 30.5. The molecule has 2 aliphatic heterocycles. The predicted molar refractivity (Wildman–Crippen MR) is 186 cm³/mol. The molecule has 1 amide bonds. The van der Waals surface area contributed by atoms with E-state index in [9.17, 15) is 10.1 Å². The van der Waals surface area contributed by atoms with Crippen LogP contribution in [0, 0.1) is 17.1 Å². The third kappa shape index (κ3) is 6.75. The first-order valence-corrected chi connectivity index (χ1v) is 17.6. The van der Waals surface area contributed by atoms with E-state index in [1.807, 2.05) is 41.1 Å². The van der Waals surface area contributed by atoms with E-state index < -0.39 is 11.4 Å². The van der Waals surface area contributed by atoms with E-state index in [0.717, 1.165) is 30.4 Å². The van der Waals surface area contributed by atoms with Gasteiger partial charge in [-0.3, -0.25) is 0 Å². The summed E-state index contributed by atoms with van der Waals surface area (Å²) >= 11 is 1.30. The van der Waals surface area contributed by atoms with E-state index in [1.54, 1.807) is 17.0 Å². The summed E-state index contributed by atoms with van der Waals surface area (Å²) < 4.78 is 24.1. The second-order valence-electron chi connectivity index (χ2n) is 13.5. The van der Waals surface area contributed by atoms with Gasteiger partial charge in [-0.25, -0.2) is 0 Å². The Balaban J connectivity index is 1.27. The first-order valence-electron chi connectivity index (χ1n) is 16.4. The number of likely N-dealkylation sites (tertiary alicyclic amines) is 1. The van der Waals surface area contributed by atoms with Crippen LogP contribution < -0.4 is 9.22 Å². The molecule has 4 heterocycles. The van der Waals surface area contributed by atoms with Crippen LogP contribution in [0.25, 0.3) is 22.3 Å². The van der Waals surface area contributed by atoms with E-state index in [2.05, 4.69) is 60.6 Å². The van der Waals surface area contributed by atoms with Gasteiger partial charge in [0, 0.05) is 25.2 Å². The summed E-state index contributed by atoms with van der Waals surface area (Å²) in [5.74, 6) is 0.243. The average Bonchev–Trinajstić information content (AvgIpc) is 3.46. The van der Waals surface area contributed by atoms with Crippen molar-refractivity contribution in [2.45, 2.75) is 64.2 Å². The van der Waals surface area contributed by atoms with Crippen LogP contribution in [0.1, 0.15) is 46.6 Å². The normalized spacial score (nSPS) is 21.3. The van der Waals surface area contributed by atoms with Gasteiger partial charge < -0.3 is 4.90 Å². The molecule has 10 nitrogen and oxygen atoms in total. The Morgan fingerprint density at radius 2 is 1.85 bits per heavy atom. The molecule has 2 aromatic carbocycles. The molecule has 2 aromatic heterocycles. The molecular weight excluding hydrogens is 670 g/mol. The fraction of sp³-hybridized carbons (Fsp3) is 0.417. The number of carbonyl (C=O) groups excluding carboxylic acids is 1. The summed E-state index contributed by atoms with van der Waals surface area (Å²) in [5, 5.41) is 15.8. The van der Waals surface area contributed by atoms with Crippen molar-refractivity contribution < 1.29 is 13.9 Å². The van der Waals surface area contributed by atoms with Gasteiger partial charge in [0.1, 0.15) is 0 Å². The third-order valence-electron chi connectivity index (χ3n) is 9.61. The number of fused-ring (bicyclic) bond motifs is 1. The number of nitrogens with zero attached hydrogens (tertiary/aromatic N) is 8. The molecule has 0 aliphatic carbocycles. The summed E-state index contributed by atoms with van der Waals surface area (Å²) in [7, 11) is 2.13. The number of amides is 1. The number of piperidine rings is 1. The van der Waals surface area contributed by atoms with Crippen LogP contribution in [0.5, 0.6) is 11.5 Å². The van der Waals surface area contributed by atoms with Crippen LogP contribution in [-0.4, -0.2) is 108 Å². The van der Waals surface area contributed by atoms with Gasteiger partial charge >= 0.3 is 240 Å². The molecule has 0 spiro atoms. The van der Waals surface area contributed by atoms with Crippen molar-refractivity contribution in [3.8, 4) is 28.8 Å². The van der Waals surface area contributed by atoms with E-state index in [4.69, 9.17) is 9.84 Å². The number of benzene rings is 2. The number of likely N-dealkylation sites (N-methyl/N-ethyl adjacent to an activating group) is 1. The molecule has 4 aromatic rings. The number of ether oxygens (including phenoxy) is 1. The number of para-hydroxylation sites is 1. The molecule has 0 saturated carbocycles. The monoisotopic (exact) mass is 712 g/mol. The van der Waals surface area contributed by atoms with Crippen LogP contribution >= 0.6 is 0 Å². The van der Waals surface area contributed by atoms with Crippen molar-refractivity contribution in [3.63, 3.8) is 0 Å². The maximum absolute atomic E-state index is 15.7. The quantitative estimate of drug-likeness (QED) is 0.161. The van der Waals surface area contributed by atoms with Crippen LogP contribution in [0.4, 0.5) is 4.39 Å². The molecule has 0 N–H and O–H groups in total. The van der Waals surface area contributed by atoms with Gasteiger partial charge in [0.05, 0.1) is 0 Å². The SMILES string of the molecule is C[C@@H]1CN(C)[C@@H](C)CN1C(C)(C)C=C(C#N)C(=O)N1CCC[C@H](n2nc(-c3ccc(Oc4ccccc4)cc3F)c3c([AsH2])ncnc32)C1. The topological polar surface area (TPSA) is 103 Å². The van der Waals surface area contributed by atoms with Crippen molar-refractivity contribution in [3.05, 3.63) is 72.3 Å². The minimum atomic E-state index is -0.486. The fourth-order valence-electron chi connectivity index (χ4n) is 7.00. The Hall–Kier alpha value is -4.10. The van der Waals surface area contributed by atoms with Gasteiger partial charge in [0.25, 0.3) is 0 Å². The van der Waals surface area contributed by atoms with Gasteiger partial charge in [-0.1, -0.05) is 0 Å². The van der Waals surface area contributed by atoms with Crippen LogP contribution in [0.15, 0.2) is 66.5 Å². The molecule has 12 heteroatoms. The Morgan fingerprint density at radius 3 is 2.58 bits per heavy atom. The van der Waals surface area contributed by atoms with Gasteiger partial charge in [0.15, 0.2) is 0 Å². The number of piperazine rings is 1. The van der Waals surface area contributed by atoms with Gasteiger partial charge in [-0.2, -0.15) is 0 Å². The van der Waals surface area contributed by atoms with Crippen molar-refractivity contribution in [1.29, 1.82) is 5.26 Å². The Kier molecular flexibility index (Phi) is 9.71. The Morgan fingerprint density at radius 1 is 1.08 bits per heavy atom. The summed E-state index contributed by atoms with van der Waals surface area (Å²) in [5.41, 5.74) is 1.03. The summed E-state index contributed by atoms with van der Waals surface area (Å²) in [6.45, 7) is 11.2. The molecule has 6 rings (SSSR count). The van der Waals surface area contributed by atoms with E-state index >= 15 is 4.39 Å². The van der Waals surface area contributed by atoms with Crippen molar-refractivity contribution in [2.24, 2.45) is 0 Å². The molecule has 2 fully saturated rings. The minimum absolute atomic E-state index is 0.145. The fourth-order valence-corrected chi connectivity index (χ4v) is 7.70. The Labute approximate surface area is 289 Å². The van der Waals surface area contributed by atoms with E-state index in [0.29, 0.717) is 52.9 Å². The molecule has 48 heavy (non-hydrogen) atoms. The number of hydrogen-bond donors (Lipinski definition) is 0. The van der Waals surface area contributed by atoms with Crippen LogP contribution in [0.2, 0.25) is 0 Å². The number of nitriles is 1. The zero-order chi connectivity index (χ0) is 34.2. The van der Waals surface area contributed by atoms with Crippen molar-refractivity contribution in [1.82, 2.24) is 34.4 Å². The van der Waals surface area contributed by atoms with Gasteiger partial charge in [-0.15, -0.1) is 0 Å². The number of aromatic nitrogens is 4. The first kappa shape index (κ1) is 33.8. The van der Waals surface area contributed by atoms with E-state index in [1.165, 1.54) is 29.2 Å². The molecule has 2 saturated heterocycles. The number of carbonyl (C=O) groups is 1. The molecule has 0 bridgehead atoms. The summed E-state index contributed by atoms with van der Waals surface area (Å²) in [6, 6.07) is 16.6.